The van der Waals surface area contributed by atoms with Gasteiger partial charge in [0.05, 0.1) is 17.9 Å². The van der Waals surface area contributed by atoms with Crippen molar-refractivity contribution in [3.63, 3.8) is 0 Å². The molecule has 1 heterocycles. The second-order valence-corrected chi connectivity index (χ2v) is 6.40. The van der Waals surface area contributed by atoms with Gasteiger partial charge in [0.25, 0.3) is 5.91 Å². The number of hydrogen-bond acceptors (Lipinski definition) is 4. The molecular formula is C21H13F2NO4. The normalized spacial score (nSPS) is 15.6. The zero-order valence-corrected chi connectivity index (χ0v) is 14.4. The second kappa shape index (κ2) is 6.84. The molecule has 1 aromatic heterocycles. The topological polar surface area (TPSA) is 76.4 Å². The number of carbonyl (C=O) groups excluding carboxylic acids is 3. The van der Waals surface area contributed by atoms with Crippen LogP contribution in [0.15, 0.2) is 59.2 Å². The van der Waals surface area contributed by atoms with Gasteiger partial charge in [-0.3, -0.25) is 14.4 Å². The molecule has 0 spiro atoms. The van der Waals surface area contributed by atoms with Crippen LogP contribution in [0.2, 0.25) is 0 Å². The molecule has 1 atom stereocenters. The fraction of sp³-hybridized carbons (Fsp3) is 0.0952. The van der Waals surface area contributed by atoms with Gasteiger partial charge in [-0.1, -0.05) is 0 Å². The third-order valence-electron chi connectivity index (χ3n) is 4.61. The van der Waals surface area contributed by atoms with Crippen LogP contribution < -0.4 is 5.32 Å². The van der Waals surface area contributed by atoms with Crippen molar-refractivity contribution >= 4 is 23.2 Å². The van der Waals surface area contributed by atoms with Gasteiger partial charge in [-0.25, -0.2) is 8.78 Å². The lowest BCUT2D eigenvalue weighted by molar-refractivity contribution is 0.0833. The van der Waals surface area contributed by atoms with Crippen molar-refractivity contribution in [1.29, 1.82) is 0 Å². The van der Waals surface area contributed by atoms with E-state index in [1.807, 2.05) is 0 Å². The standard InChI is InChI=1S/C21H13F2NO4/c22-12-4-6-18(17(23)9-12)24-21(27)11-3-5-14-15(8-11)20(26)16(19(14)25)10-13-2-1-7-28-13/h1-9,16H,10H2,(H,24,27). The Morgan fingerprint density at radius 3 is 2.50 bits per heavy atom. The summed E-state index contributed by atoms with van der Waals surface area (Å²) in [7, 11) is 0. The van der Waals surface area contributed by atoms with Crippen LogP contribution in [-0.4, -0.2) is 17.5 Å². The first-order valence-corrected chi connectivity index (χ1v) is 8.45. The average molecular weight is 381 g/mol. The fourth-order valence-corrected chi connectivity index (χ4v) is 3.20. The summed E-state index contributed by atoms with van der Waals surface area (Å²) >= 11 is 0. The Bertz CT molecular complexity index is 1110. The van der Waals surface area contributed by atoms with Gasteiger partial charge in [0.2, 0.25) is 0 Å². The van der Waals surface area contributed by atoms with Crippen LogP contribution >= 0.6 is 0 Å². The van der Waals surface area contributed by atoms with Crippen molar-refractivity contribution in [1.82, 2.24) is 0 Å². The molecule has 5 nitrogen and oxygen atoms in total. The number of fused-ring (bicyclic) bond motifs is 1. The Labute approximate surface area is 158 Å². The molecule has 28 heavy (non-hydrogen) atoms. The van der Waals surface area contributed by atoms with Gasteiger partial charge >= 0.3 is 0 Å². The Balaban J connectivity index is 1.58. The molecule has 0 fully saturated rings. The van der Waals surface area contributed by atoms with Gasteiger partial charge in [-0.2, -0.15) is 0 Å². The zero-order valence-electron chi connectivity index (χ0n) is 14.4. The van der Waals surface area contributed by atoms with E-state index >= 15 is 0 Å². The number of ketones is 2. The Morgan fingerprint density at radius 2 is 1.79 bits per heavy atom. The predicted octanol–water partition coefficient (Wildman–Crippen LogP) is 4.05. The number of hydrogen-bond donors (Lipinski definition) is 1. The predicted molar refractivity (Wildman–Crippen MR) is 95.3 cm³/mol. The molecule has 3 aromatic rings. The Hall–Kier alpha value is -3.61. The molecule has 0 saturated carbocycles. The van der Waals surface area contributed by atoms with Crippen molar-refractivity contribution < 1.29 is 27.6 Å². The maximum absolute atomic E-state index is 13.7. The van der Waals surface area contributed by atoms with Gasteiger partial charge in [-0.05, 0) is 42.5 Å². The van der Waals surface area contributed by atoms with Gasteiger partial charge in [0.1, 0.15) is 17.4 Å². The number of Topliss-reactive ketones (excluding diaryl/α,β-unsaturated/α-hetero) is 2. The molecule has 140 valence electrons. The summed E-state index contributed by atoms with van der Waals surface area (Å²) in [6, 6.07) is 10.2. The first-order valence-electron chi connectivity index (χ1n) is 8.45. The molecule has 0 bridgehead atoms. The Kier molecular flexibility index (Phi) is 4.35. The number of furan rings is 1. The van der Waals surface area contributed by atoms with Crippen LogP contribution in [0.25, 0.3) is 0 Å². The van der Waals surface area contributed by atoms with Crippen LogP contribution in [0, 0.1) is 17.6 Å². The third-order valence-corrected chi connectivity index (χ3v) is 4.61. The molecule has 0 radical (unpaired) electrons. The van der Waals surface area contributed by atoms with E-state index in [-0.39, 0.29) is 40.4 Å². The van der Waals surface area contributed by atoms with E-state index in [2.05, 4.69) is 5.32 Å². The number of carbonyl (C=O) groups is 3. The van der Waals surface area contributed by atoms with Gasteiger partial charge < -0.3 is 9.73 Å². The largest absolute Gasteiger partial charge is 0.469 e. The van der Waals surface area contributed by atoms with Crippen molar-refractivity contribution in [3.05, 3.63) is 88.9 Å². The van der Waals surface area contributed by atoms with Gasteiger partial charge in [-0.15, -0.1) is 0 Å². The summed E-state index contributed by atoms with van der Waals surface area (Å²) in [5.74, 6) is -3.45. The molecule has 1 aliphatic carbocycles. The van der Waals surface area contributed by atoms with Crippen molar-refractivity contribution in [3.8, 4) is 0 Å². The van der Waals surface area contributed by atoms with Crippen LogP contribution in [-0.2, 0) is 6.42 Å². The zero-order chi connectivity index (χ0) is 19.8. The summed E-state index contributed by atoms with van der Waals surface area (Å²) in [4.78, 5) is 37.6. The van der Waals surface area contributed by atoms with Gasteiger partial charge in [0, 0.05) is 29.2 Å². The molecule has 1 unspecified atom stereocenters. The lowest BCUT2D eigenvalue weighted by Gasteiger charge is -2.07. The highest BCUT2D eigenvalue weighted by atomic mass is 19.1. The number of nitrogens with one attached hydrogen (secondary N) is 1. The van der Waals surface area contributed by atoms with E-state index in [1.54, 1.807) is 12.1 Å². The van der Waals surface area contributed by atoms with E-state index in [0.717, 1.165) is 12.1 Å². The molecule has 4 rings (SSSR count). The van der Waals surface area contributed by atoms with E-state index in [9.17, 15) is 23.2 Å². The quantitative estimate of drug-likeness (QED) is 0.692. The fourth-order valence-electron chi connectivity index (χ4n) is 3.20. The van der Waals surface area contributed by atoms with Crippen LogP contribution in [0.1, 0.15) is 36.8 Å². The SMILES string of the molecule is O=C(Nc1ccc(F)cc1F)c1ccc2c(c1)C(=O)C(Cc1ccco1)C2=O. The highest BCUT2D eigenvalue weighted by Gasteiger charge is 2.39. The summed E-state index contributed by atoms with van der Waals surface area (Å²) in [5, 5.41) is 2.33. The first kappa shape index (κ1) is 17.8. The minimum atomic E-state index is -0.917. The number of rotatable bonds is 4. The highest BCUT2D eigenvalue weighted by Crippen LogP contribution is 2.30. The second-order valence-electron chi connectivity index (χ2n) is 6.40. The number of halogens is 2. The molecule has 1 N–H and O–H groups in total. The van der Waals surface area contributed by atoms with Crippen molar-refractivity contribution in [2.75, 3.05) is 5.32 Å². The molecule has 2 aromatic carbocycles. The monoisotopic (exact) mass is 381 g/mol. The van der Waals surface area contributed by atoms with Crippen molar-refractivity contribution in [2.24, 2.45) is 5.92 Å². The first-order chi connectivity index (χ1) is 13.4. The van der Waals surface area contributed by atoms with E-state index in [1.165, 1.54) is 24.5 Å². The number of anilines is 1. The minimum Gasteiger partial charge on any atom is -0.469 e. The molecule has 0 aliphatic heterocycles. The minimum absolute atomic E-state index is 0.0854. The van der Waals surface area contributed by atoms with Crippen LogP contribution in [0.5, 0.6) is 0 Å². The van der Waals surface area contributed by atoms with Gasteiger partial charge in [0.15, 0.2) is 11.6 Å². The van der Waals surface area contributed by atoms with Crippen molar-refractivity contribution in [2.45, 2.75) is 6.42 Å². The average Bonchev–Trinajstić information content (AvgIpc) is 3.27. The number of benzene rings is 2. The molecular weight excluding hydrogens is 368 g/mol. The lowest BCUT2D eigenvalue weighted by Crippen LogP contribution is -2.17. The molecule has 7 heteroatoms. The summed E-state index contributed by atoms with van der Waals surface area (Å²) < 4.78 is 31.9. The maximum Gasteiger partial charge on any atom is 0.255 e. The van der Waals surface area contributed by atoms with E-state index in [4.69, 9.17) is 4.42 Å². The maximum atomic E-state index is 13.7. The van der Waals surface area contributed by atoms with E-state index in [0.29, 0.717) is 11.8 Å². The lowest BCUT2D eigenvalue weighted by atomic mass is 9.98. The summed E-state index contributed by atoms with van der Waals surface area (Å²) in [6.45, 7) is 0. The summed E-state index contributed by atoms with van der Waals surface area (Å²) in [6.07, 6.45) is 1.60. The Morgan fingerprint density at radius 1 is 1.00 bits per heavy atom. The number of amides is 1. The van der Waals surface area contributed by atoms with Crippen LogP contribution in [0.3, 0.4) is 0 Å². The smallest absolute Gasteiger partial charge is 0.255 e. The third kappa shape index (κ3) is 3.11. The highest BCUT2D eigenvalue weighted by molar-refractivity contribution is 6.27. The molecule has 0 saturated heterocycles. The van der Waals surface area contributed by atoms with Crippen LogP contribution in [0.4, 0.5) is 14.5 Å². The molecule has 1 aliphatic rings. The summed E-state index contributed by atoms with van der Waals surface area (Å²) in [5.41, 5.74) is 0.284. The van der Waals surface area contributed by atoms with E-state index < -0.39 is 23.5 Å². The molecule has 1 amide bonds.